The lowest BCUT2D eigenvalue weighted by atomic mass is 9.97. The van der Waals surface area contributed by atoms with Gasteiger partial charge in [0.15, 0.2) is 18.7 Å². The Labute approximate surface area is 174 Å². The number of fused-ring (bicyclic) bond motifs is 1. The lowest BCUT2D eigenvalue weighted by molar-refractivity contribution is -0.356. The zero-order valence-corrected chi connectivity index (χ0v) is 16.6. The molecule has 0 spiro atoms. The molecule has 2 aliphatic heterocycles. The van der Waals surface area contributed by atoms with Crippen LogP contribution in [0.15, 0.2) is 60.7 Å². The molecule has 2 aromatic rings. The molecule has 6 unspecified atom stereocenters. The fraction of sp³-hybridized carbons (Fsp3) is 0.381. The Morgan fingerprint density at radius 3 is 2.41 bits per heavy atom. The molecule has 2 aliphatic rings. The summed E-state index contributed by atoms with van der Waals surface area (Å²) in [5, 5.41) is 10.6. The van der Waals surface area contributed by atoms with Crippen LogP contribution in [0.4, 0.5) is 0 Å². The van der Waals surface area contributed by atoms with E-state index in [1.807, 2.05) is 48.5 Å². The molecule has 2 aromatic carbocycles. The third-order valence-electron chi connectivity index (χ3n) is 4.79. The van der Waals surface area contributed by atoms with Crippen molar-refractivity contribution in [1.82, 2.24) is 0 Å². The normalized spacial score (nSPS) is 31.5. The van der Waals surface area contributed by atoms with Crippen molar-refractivity contribution in [3.05, 3.63) is 66.2 Å². The summed E-state index contributed by atoms with van der Waals surface area (Å²) in [6, 6.07) is 18.6. The smallest absolute Gasteiger partial charge is 0.358 e. The zero-order valence-electron chi connectivity index (χ0n) is 15.7. The van der Waals surface area contributed by atoms with Crippen molar-refractivity contribution in [3.63, 3.8) is 0 Å². The molecule has 2 heterocycles. The molecule has 8 heteroatoms. The number of aliphatic hydroxyl groups is 1. The van der Waals surface area contributed by atoms with Crippen molar-refractivity contribution >= 4 is 17.5 Å². The highest BCUT2D eigenvalue weighted by Gasteiger charge is 2.51. The second-order valence-corrected chi connectivity index (χ2v) is 7.03. The number of thiocarbonyl (C=S) groups is 1. The maximum Gasteiger partial charge on any atom is 0.358 e. The van der Waals surface area contributed by atoms with Gasteiger partial charge in [-0.3, -0.25) is 0 Å². The van der Waals surface area contributed by atoms with Gasteiger partial charge in [-0.25, -0.2) is 0 Å². The Morgan fingerprint density at radius 2 is 1.72 bits per heavy atom. The number of para-hydroxylation sites is 1. The molecule has 6 atom stereocenters. The Kier molecular flexibility index (Phi) is 6.39. The molecule has 2 fully saturated rings. The average molecular weight is 418 g/mol. The van der Waals surface area contributed by atoms with Gasteiger partial charge in [-0.1, -0.05) is 48.5 Å². The Morgan fingerprint density at radius 1 is 1.03 bits per heavy atom. The first kappa shape index (κ1) is 20.2. The third-order valence-corrected chi connectivity index (χ3v) is 4.97. The third kappa shape index (κ3) is 4.58. The number of methoxy groups -OCH3 is 1. The van der Waals surface area contributed by atoms with Crippen molar-refractivity contribution in [2.45, 2.75) is 37.0 Å². The van der Waals surface area contributed by atoms with Gasteiger partial charge < -0.3 is 33.5 Å². The van der Waals surface area contributed by atoms with E-state index < -0.39 is 37.0 Å². The lowest BCUT2D eigenvalue weighted by Crippen LogP contribution is -2.63. The van der Waals surface area contributed by atoms with E-state index in [2.05, 4.69) is 0 Å². The first-order valence-electron chi connectivity index (χ1n) is 9.27. The second-order valence-electron chi connectivity index (χ2n) is 6.69. The Bertz CT molecular complexity index is 803. The molecular formula is C21H22O7S. The van der Waals surface area contributed by atoms with Crippen LogP contribution in [-0.2, 0) is 23.7 Å². The molecule has 154 valence electrons. The van der Waals surface area contributed by atoms with Crippen molar-refractivity contribution < 1.29 is 33.5 Å². The predicted octanol–water partition coefficient (Wildman–Crippen LogP) is 2.58. The Balaban J connectivity index is 1.51. The predicted molar refractivity (Wildman–Crippen MR) is 106 cm³/mol. The molecule has 0 bridgehead atoms. The van der Waals surface area contributed by atoms with E-state index in [-0.39, 0.29) is 11.8 Å². The summed E-state index contributed by atoms with van der Waals surface area (Å²) in [7, 11) is 1.45. The highest BCUT2D eigenvalue weighted by Crippen LogP contribution is 2.35. The van der Waals surface area contributed by atoms with Crippen molar-refractivity contribution in [3.8, 4) is 5.75 Å². The first-order chi connectivity index (χ1) is 14.2. The van der Waals surface area contributed by atoms with Crippen LogP contribution in [0.1, 0.15) is 11.9 Å². The lowest BCUT2D eigenvalue weighted by Gasteiger charge is -2.47. The highest BCUT2D eigenvalue weighted by atomic mass is 32.1. The molecule has 29 heavy (non-hydrogen) atoms. The Hall–Kier alpha value is -2.07. The van der Waals surface area contributed by atoms with Crippen LogP contribution in [0.3, 0.4) is 0 Å². The molecular weight excluding hydrogens is 396 g/mol. The van der Waals surface area contributed by atoms with E-state index in [9.17, 15) is 5.11 Å². The summed E-state index contributed by atoms with van der Waals surface area (Å²) < 4.78 is 34.3. The number of hydrogen-bond acceptors (Lipinski definition) is 8. The van der Waals surface area contributed by atoms with Gasteiger partial charge in [0.2, 0.25) is 0 Å². The van der Waals surface area contributed by atoms with Crippen LogP contribution in [0, 0.1) is 0 Å². The van der Waals surface area contributed by atoms with E-state index >= 15 is 0 Å². The zero-order chi connectivity index (χ0) is 20.2. The van der Waals surface area contributed by atoms with Crippen LogP contribution in [0.2, 0.25) is 0 Å². The van der Waals surface area contributed by atoms with E-state index in [1.54, 1.807) is 12.1 Å². The van der Waals surface area contributed by atoms with Gasteiger partial charge in [0, 0.05) is 24.9 Å². The average Bonchev–Trinajstić information content (AvgIpc) is 2.76. The van der Waals surface area contributed by atoms with Gasteiger partial charge in [-0.15, -0.1) is 0 Å². The largest absolute Gasteiger partial charge is 0.447 e. The minimum atomic E-state index is -1.13. The van der Waals surface area contributed by atoms with E-state index in [1.165, 1.54) is 7.11 Å². The van der Waals surface area contributed by atoms with Crippen molar-refractivity contribution in [1.29, 1.82) is 0 Å². The summed E-state index contributed by atoms with van der Waals surface area (Å²) >= 11 is 5.24. The molecule has 0 saturated carbocycles. The van der Waals surface area contributed by atoms with Crippen molar-refractivity contribution in [2.24, 2.45) is 0 Å². The summed E-state index contributed by atoms with van der Waals surface area (Å²) in [6.07, 6.45) is -4.62. The maximum absolute atomic E-state index is 10.7. The SMILES string of the molecule is COC1OC2COC(c3ccccc3)OC2C(OC(=S)Oc2ccccc2)C1O. The molecule has 0 aromatic heterocycles. The van der Waals surface area contributed by atoms with Gasteiger partial charge in [-0.05, 0) is 12.1 Å². The van der Waals surface area contributed by atoms with Crippen LogP contribution in [-0.4, -0.2) is 54.8 Å². The number of rotatable bonds is 4. The van der Waals surface area contributed by atoms with E-state index in [0.717, 1.165) is 5.56 Å². The molecule has 0 radical (unpaired) electrons. The topological polar surface area (TPSA) is 75.6 Å². The van der Waals surface area contributed by atoms with Crippen LogP contribution < -0.4 is 4.74 Å². The minimum Gasteiger partial charge on any atom is -0.447 e. The van der Waals surface area contributed by atoms with Gasteiger partial charge in [0.25, 0.3) is 0 Å². The number of ether oxygens (including phenoxy) is 6. The van der Waals surface area contributed by atoms with Gasteiger partial charge >= 0.3 is 5.24 Å². The van der Waals surface area contributed by atoms with Crippen LogP contribution in [0.25, 0.3) is 0 Å². The summed E-state index contributed by atoms with van der Waals surface area (Å²) in [6.45, 7) is 0.253. The number of aliphatic hydroxyl groups excluding tert-OH is 1. The van der Waals surface area contributed by atoms with E-state index in [4.69, 9.17) is 40.6 Å². The molecule has 0 aliphatic carbocycles. The van der Waals surface area contributed by atoms with Gasteiger partial charge in [0.1, 0.15) is 24.1 Å². The fourth-order valence-corrected chi connectivity index (χ4v) is 3.60. The van der Waals surface area contributed by atoms with E-state index in [0.29, 0.717) is 5.75 Å². The number of hydrogen-bond donors (Lipinski definition) is 1. The minimum absolute atomic E-state index is 0.123. The quantitative estimate of drug-likeness (QED) is 0.760. The van der Waals surface area contributed by atoms with Crippen LogP contribution >= 0.6 is 12.2 Å². The summed E-state index contributed by atoms with van der Waals surface area (Å²) in [5.74, 6) is 0.536. The molecule has 4 rings (SSSR count). The summed E-state index contributed by atoms with van der Waals surface area (Å²) in [5.41, 5.74) is 0.858. The molecule has 2 saturated heterocycles. The molecule has 0 amide bonds. The van der Waals surface area contributed by atoms with Crippen molar-refractivity contribution in [2.75, 3.05) is 13.7 Å². The molecule has 7 nitrogen and oxygen atoms in total. The monoisotopic (exact) mass is 418 g/mol. The molecule has 1 N–H and O–H groups in total. The fourth-order valence-electron chi connectivity index (χ4n) is 3.39. The maximum atomic E-state index is 10.7. The first-order valence-corrected chi connectivity index (χ1v) is 9.68. The van der Waals surface area contributed by atoms with Gasteiger partial charge in [-0.2, -0.15) is 0 Å². The van der Waals surface area contributed by atoms with Crippen LogP contribution in [0.5, 0.6) is 5.75 Å². The standard InChI is InChI=1S/C21H22O7S/c1-23-20-16(22)18(28-21(29)25-14-10-6-3-7-11-14)17-15(26-20)12-24-19(27-17)13-8-4-2-5-9-13/h2-11,15-20,22H,12H2,1H3. The summed E-state index contributed by atoms with van der Waals surface area (Å²) in [4.78, 5) is 0. The second kappa shape index (κ2) is 9.17. The van der Waals surface area contributed by atoms with Gasteiger partial charge in [0.05, 0.1) is 6.61 Å². The number of benzene rings is 2. The highest BCUT2D eigenvalue weighted by molar-refractivity contribution is 7.79.